The van der Waals surface area contributed by atoms with Crippen molar-refractivity contribution in [3.05, 3.63) is 18.7 Å². The first-order chi connectivity index (χ1) is 5.93. The number of aromatic amines is 1. The van der Waals surface area contributed by atoms with E-state index in [-0.39, 0.29) is 0 Å². The van der Waals surface area contributed by atoms with Crippen LogP contribution in [0.2, 0.25) is 0 Å². The predicted molar refractivity (Wildman–Crippen MR) is 46.7 cm³/mol. The zero-order chi connectivity index (χ0) is 8.65. The van der Waals surface area contributed by atoms with Gasteiger partial charge in [-0.05, 0) is 19.4 Å². The number of aromatic nitrogens is 2. The third kappa shape index (κ3) is 3.50. The fraction of sp³-hybridized carbons (Fsp3) is 0.625. The van der Waals surface area contributed by atoms with Gasteiger partial charge in [-0.1, -0.05) is 0 Å². The van der Waals surface area contributed by atoms with Crippen molar-refractivity contribution < 1.29 is 5.11 Å². The molecule has 2 rings (SSSR count). The molecule has 68 valence electrons. The fourth-order valence-electron chi connectivity index (χ4n) is 1.13. The van der Waals surface area contributed by atoms with E-state index >= 15 is 0 Å². The molecule has 4 nitrogen and oxygen atoms in total. The van der Waals surface area contributed by atoms with Crippen molar-refractivity contribution in [1.82, 2.24) is 15.3 Å². The average Bonchev–Trinajstić information content (AvgIpc) is 2.81. The highest BCUT2D eigenvalue weighted by molar-refractivity contribution is 4.71. The molecular formula is C8H15N3O. The van der Waals surface area contributed by atoms with E-state index < -0.39 is 0 Å². The van der Waals surface area contributed by atoms with Gasteiger partial charge in [-0.3, -0.25) is 0 Å². The molecule has 0 radical (unpaired) electrons. The SMILES string of the molecule is OC[C@@H]1CCCN1.c1c[nH]cn1. The summed E-state index contributed by atoms with van der Waals surface area (Å²) in [5.74, 6) is 0. The van der Waals surface area contributed by atoms with Crippen LogP contribution in [-0.2, 0) is 0 Å². The van der Waals surface area contributed by atoms with Gasteiger partial charge in [0, 0.05) is 18.4 Å². The minimum Gasteiger partial charge on any atom is -0.395 e. The molecule has 0 amide bonds. The van der Waals surface area contributed by atoms with Gasteiger partial charge in [-0.25, -0.2) is 4.98 Å². The molecule has 0 aliphatic carbocycles. The summed E-state index contributed by atoms with van der Waals surface area (Å²) in [6, 6.07) is 0.403. The van der Waals surface area contributed by atoms with Gasteiger partial charge in [0.1, 0.15) is 0 Å². The smallest absolute Gasteiger partial charge is 0.0919 e. The monoisotopic (exact) mass is 169 g/mol. The second-order valence-electron chi connectivity index (χ2n) is 2.74. The van der Waals surface area contributed by atoms with Gasteiger partial charge in [0.15, 0.2) is 0 Å². The average molecular weight is 169 g/mol. The van der Waals surface area contributed by atoms with E-state index in [9.17, 15) is 0 Å². The summed E-state index contributed by atoms with van der Waals surface area (Å²) in [7, 11) is 0. The summed E-state index contributed by atoms with van der Waals surface area (Å²) in [5, 5.41) is 11.7. The molecular weight excluding hydrogens is 154 g/mol. The van der Waals surface area contributed by atoms with E-state index in [1.165, 1.54) is 6.42 Å². The number of rotatable bonds is 1. The van der Waals surface area contributed by atoms with E-state index in [0.717, 1.165) is 13.0 Å². The molecule has 1 saturated heterocycles. The van der Waals surface area contributed by atoms with Crippen LogP contribution in [-0.4, -0.2) is 34.3 Å². The highest BCUT2D eigenvalue weighted by atomic mass is 16.3. The number of aliphatic hydroxyl groups excluding tert-OH is 1. The molecule has 1 aliphatic heterocycles. The third-order valence-electron chi connectivity index (χ3n) is 1.79. The van der Waals surface area contributed by atoms with Gasteiger partial charge < -0.3 is 15.4 Å². The number of nitrogens with zero attached hydrogens (tertiary/aromatic N) is 1. The fourth-order valence-corrected chi connectivity index (χ4v) is 1.13. The number of aliphatic hydroxyl groups is 1. The Kier molecular flexibility index (Phi) is 4.41. The van der Waals surface area contributed by atoms with Gasteiger partial charge >= 0.3 is 0 Å². The number of H-pyrrole nitrogens is 1. The van der Waals surface area contributed by atoms with Crippen molar-refractivity contribution in [3.63, 3.8) is 0 Å². The van der Waals surface area contributed by atoms with E-state index in [0.29, 0.717) is 12.6 Å². The molecule has 12 heavy (non-hydrogen) atoms. The molecule has 0 bridgehead atoms. The molecule has 1 aromatic rings. The number of hydrogen-bond acceptors (Lipinski definition) is 3. The molecule has 1 fully saturated rings. The lowest BCUT2D eigenvalue weighted by atomic mass is 10.2. The predicted octanol–water partition coefficient (Wildman–Crippen LogP) is 0.140. The lowest BCUT2D eigenvalue weighted by molar-refractivity contribution is 0.255. The van der Waals surface area contributed by atoms with Crippen LogP contribution in [0.1, 0.15) is 12.8 Å². The standard InChI is InChI=1S/C5H11NO.C3H4N2/c7-4-5-2-1-3-6-5;1-2-5-3-4-1/h5-7H,1-4H2;1-3H,(H,4,5)/t5-;/m0./s1. The van der Waals surface area contributed by atoms with Gasteiger partial charge in [0.2, 0.25) is 0 Å². The van der Waals surface area contributed by atoms with Crippen LogP contribution in [0.5, 0.6) is 0 Å². The molecule has 1 aliphatic rings. The summed E-state index contributed by atoms with van der Waals surface area (Å²) in [6.07, 6.45) is 7.46. The van der Waals surface area contributed by atoms with Crippen molar-refractivity contribution in [2.75, 3.05) is 13.2 Å². The Morgan fingerprint density at radius 1 is 1.58 bits per heavy atom. The number of hydrogen-bond donors (Lipinski definition) is 3. The second kappa shape index (κ2) is 5.74. The largest absolute Gasteiger partial charge is 0.395 e. The Bertz CT molecular complexity index is 153. The highest BCUT2D eigenvalue weighted by Gasteiger charge is 2.10. The number of imidazole rings is 1. The van der Waals surface area contributed by atoms with Crippen LogP contribution in [0.15, 0.2) is 18.7 Å². The van der Waals surface area contributed by atoms with Crippen LogP contribution in [0.25, 0.3) is 0 Å². The molecule has 0 unspecified atom stereocenters. The van der Waals surface area contributed by atoms with Crippen LogP contribution in [0.4, 0.5) is 0 Å². The normalized spacial score (nSPS) is 21.6. The molecule has 0 saturated carbocycles. The first-order valence-electron chi connectivity index (χ1n) is 4.20. The van der Waals surface area contributed by atoms with Crippen LogP contribution in [0.3, 0.4) is 0 Å². The lowest BCUT2D eigenvalue weighted by Crippen LogP contribution is -2.24. The van der Waals surface area contributed by atoms with Crippen molar-refractivity contribution >= 4 is 0 Å². The van der Waals surface area contributed by atoms with E-state index in [1.807, 2.05) is 0 Å². The number of nitrogens with one attached hydrogen (secondary N) is 2. The maximum atomic E-state index is 8.50. The molecule has 0 aromatic carbocycles. The quantitative estimate of drug-likeness (QED) is 0.560. The maximum Gasteiger partial charge on any atom is 0.0919 e. The van der Waals surface area contributed by atoms with Crippen LogP contribution >= 0.6 is 0 Å². The first kappa shape index (κ1) is 9.22. The Morgan fingerprint density at radius 2 is 2.50 bits per heavy atom. The topological polar surface area (TPSA) is 60.9 Å². The highest BCUT2D eigenvalue weighted by Crippen LogP contribution is 2.02. The summed E-state index contributed by atoms with van der Waals surface area (Å²) in [5.41, 5.74) is 0. The minimum atomic E-state index is 0.306. The van der Waals surface area contributed by atoms with E-state index in [4.69, 9.17) is 5.11 Å². The maximum absolute atomic E-state index is 8.50. The first-order valence-corrected chi connectivity index (χ1v) is 4.20. The van der Waals surface area contributed by atoms with Gasteiger partial charge in [0.05, 0.1) is 12.9 Å². The van der Waals surface area contributed by atoms with E-state index in [1.54, 1.807) is 18.7 Å². The Balaban J connectivity index is 0.000000127. The van der Waals surface area contributed by atoms with Gasteiger partial charge in [-0.15, -0.1) is 0 Å². The van der Waals surface area contributed by atoms with Crippen molar-refractivity contribution in [1.29, 1.82) is 0 Å². The summed E-state index contributed by atoms with van der Waals surface area (Å²) in [4.78, 5) is 6.42. The van der Waals surface area contributed by atoms with Crippen molar-refractivity contribution in [2.24, 2.45) is 0 Å². The molecule has 1 atom stereocenters. The molecule has 0 spiro atoms. The van der Waals surface area contributed by atoms with Crippen LogP contribution in [0, 0.1) is 0 Å². The molecule has 4 heteroatoms. The molecule has 1 aromatic heterocycles. The van der Waals surface area contributed by atoms with E-state index in [2.05, 4.69) is 15.3 Å². The minimum absolute atomic E-state index is 0.306. The molecule has 3 N–H and O–H groups in total. The Morgan fingerprint density at radius 3 is 2.75 bits per heavy atom. The van der Waals surface area contributed by atoms with Crippen molar-refractivity contribution in [2.45, 2.75) is 18.9 Å². The van der Waals surface area contributed by atoms with Gasteiger partial charge in [-0.2, -0.15) is 0 Å². The van der Waals surface area contributed by atoms with Crippen LogP contribution < -0.4 is 5.32 Å². The zero-order valence-electron chi connectivity index (χ0n) is 7.03. The summed E-state index contributed by atoms with van der Waals surface area (Å²) >= 11 is 0. The van der Waals surface area contributed by atoms with Gasteiger partial charge in [0.25, 0.3) is 0 Å². The summed E-state index contributed by atoms with van der Waals surface area (Å²) < 4.78 is 0. The summed E-state index contributed by atoms with van der Waals surface area (Å²) in [6.45, 7) is 1.39. The zero-order valence-corrected chi connectivity index (χ0v) is 7.03. The molecule has 2 heterocycles. The van der Waals surface area contributed by atoms with Crippen molar-refractivity contribution in [3.8, 4) is 0 Å². The Hall–Kier alpha value is -0.870. The third-order valence-corrected chi connectivity index (χ3v) is 1.79. The second-order valence-corrected chi connectivity index (χ2v) is 2.74. The lowest BCUT2D eigenvalue weighted by Gasteiger charge is -2.01. The Labute approximate surface area is 72.0 Å².